The van der Waals surface area contributed by atoms with E-state index in [1.807, 2.05) is 30.3 Å². The van der Waals surface area contributed by atoms with Crippen LogP contribution < -0.4 is 14.9 Å². The molecule has 2 aromatic heterocycles. The second kappa shape index (κ2) is 7.53. The fourth-order valence-electron chi connectivity index (χ4n) is 2.70. The Morgan fingerprint density at radius 3 is 2.89 bits per heavy atom. The van der Waals surface area contributed by atoms with Gasteiger partial charge in [-0.15, -0.1) is 0 Å². The topological polar surface area (TPSA) is 89.0 Å². The van der Waals surface area contributed by atoms with Gasteiger partial charge in [0.25, 0.3) is 5.91 Å². The molecule has 0 bridgehead atoms. The number of hydrogen-bond acceptors (Lipinski definition) is 5. The Kier molecular flexibility index (Phi) is 4.77. The van der Waals surface area contributed by atoms with E-state index >= 15 is 0 Å². The van der Waals surface area contributed by atoms with Crippen molar-refractivity contribution in [3.05, 3.63) is 82.7 Å². The van der Waals surface area contributed by atoms with E-state index in [1.54, 1.807) is 35.2 Å². The van der Waals surface area contributed by atoms with Crippen molar-refractivity contribution in [2.24, 2.45) is 0 Å². The van der Waals surface area contributed by atoms with Crippen molar-refractivity contribution < 1.29 is 9.53 Å². The lowest BCUT2D eigenvalue weighted by Gasteiger charge is -2.05. The highest BCUT2D eigenvalue weighted by molar-refractivity contribution is 7.16. The van der Waals surface area contributed by atoms with Crippen molar-refractivity contribution >= 4 is 33.1 Å². The molecule has 4 aromatic rings. The number of hydrogen-bond donors (Lipinski definition) is 2. The van der Waals surface area contributed by atoms with Crippen LogP contribution in [0.25, 0.3) is 15.9 Å². The molecule has 0 saturated carbocycles. The van der Waals surface area contributed by atoms with Crippen LogP contribution >= 0.6 is 11.3 Å². The minimum atomic E-state index is -0.407. The third kappa shape index (κ3) is 3.58. The maximum absolute atomic E-state index is 12.8. The molecule has 0 aliphatic heterocycles. The first-order valence-electron chi connectivity index (χ1n) is 8.47. The van der Waals surface area contributed by atoms with Gasteiger partial charge in [0, 0.05) is 5.69 Å². The summed E-state index contributed by atoms with van der Waals surface area (Å²) in [5, 5.41) is 7.20. The normalized spacial score (nSPS) is 10.7. The third-order valence-electron chi connectivity index (χ3n) is 3.95. The van der Waals surface area contributed by atoms with Gasteiger partial charge in [-0.1, -0.05) is 42.2 Å². The van der Waals surface area contributed by atoms with Crippen molar-refractivity contribution in [2.75, 3.05) is 11.9 Å². The second-order valence-electron chi connectivity index (χ2n) is 5.90. The molecule has 4 rings (SSSR count). The van der Waals surface area contributed by atoms with E-state index in [0.29, 0.717) is 11.4 Å². The fourth-order valence-corrected chi connectivity index (χ4v) is 3.47. The lowest BCUT2D eigenvalue weighted by Crippen LogP contribution is -2.14. The third-order valence-corrected chi connectivity index (χ3v) is 4.80. The number of anilines is 1. The summed E-state index contributed by atoms with van der Waals surface area (Å²) in [7, 11) is 0. The lowest BCUT2D eigenvalue weighted by molar-refractivity contribution is 0.101. The van der Waals surface area contributed by atoms with Gasteiger partial charge in [-0.05, 0) is 30.3 Å². The Hall–Kier alpha value is -3.65. The molecule has 28 heavy (non-hydrogen) atoms. The number of aromatic amines is 1. The average Bonchev–Trinajstić information content (AvgIpc) is 3.29. The highest BCUT2D eigenvalue weighted by Gasteiger charge is 2.19. The molecule has 1 amide bonds. The first kappa shape index (κ1) is 17.7. The quantitative estimate of drug-likeness (QED) is 0.491. The van der Waals surface area contributed by atoms with E-state index in [0.717, 1.165) is 27.2 Å². The second-order valence-corrected chi connectivity index (χ2v) is 6.92. The number of thiazole rings is 1. The molecule has 0 fully saturated rings. The van der Waals surface area contributed by atoms with Gasteiger partial charge in [0.15, 0.2) is 11.4 Å². The molecule has 8 heteroatoms. The first-order chi connectivity index (χ1) is 13.6. The van der Waals surface area contributed by atoms with Crippen molar-refractivity contribution in [1.29, 1.82) is 0 Å². The molecule has 0 saturated heterocycles. The summed E-state index contributed by atoms with van der Waals surface area (Å²) in [5.74, 6) is -0.0513. The summed E-state index contributed by atoms with van der Waals surface area (Å²) in [4.78, 5) is 26.9. The highest BCUT2D eigenvalue weighted by atomic mass is 32.1. The number of nitrogens with one attached hydrogen (secondary N) is 2. The van der Waals surface area contributed by atoms with Gasteiger partial charge in [-0.3, -0.25) is 9.59 Å². The van der Waals surface area contributed by atoms with Gasteiger partial charge in [0.1, 0.15) is 6.61 Å². The number of H-pyrrole nitrogens is 1. The summed E-state index contributed by atoms with van der Waals surface area (Å²) in [5.41, 5.74) is 2.27. The average molecular weight is 392 g/mol. The lowest BCUT2D eigenvalue weighted by atomic mass is 10.3. The zero-order valence-electron chi connectivity index (χ0n) is 14.7. The van der Waals surface area contributed by atoms with Crippen molar-refractivity contribution in [1.82, 2.24) is 14.8 Å². The summed E-state index contributed by atoms with van der Waals surface area (Å²) in [6, 6.07) is 14.7. The van der Waals surface area contributed by atoms with E-state index in [9.17, 15) is 9.59 Å². The molecule has 0 spiro atoms. The van der Waals surface area contributed by atoms with Crippen LogP contribution in [0.15, 0.2) is 72.2 Å². The molecule has 2 N–H and O–H groups in total. The molecule has 0 aliphatic carbocycles. The van der Waals surface area contributed by atoms with Crippen molar-refractivity contribution in [3.8, 4) is 11.4 Å². The van der Waals surface area contributed by atoms with Crippen LogP contribution in [0, 0.1) is 0 Å². The predicted octanol–water partition coefficient (Wildman–Crippen LogP) is 3.59. The number of amides is 1. The van der Waals surface area contributed by atoms with Gasteiger partial charge in [-0.2, -0.15) is 5.10 Å². The summed E-state index contributed by atoms with van der Waals surface area (Å²) < 4.78 is 7.97. The number of benzene rings is 2. The number of carbonyl (C=O) groups excluding carboxylic acids is 1. The minimum absolute atomic E-state index is 0.139. The summed E-state index contributed by atoms with van der Waals surface area (Å²) in [6.45, 7) is 3.89. The van der Waals surface area contributed by atoms with Crippen LogP contribution in [-0.4, -0.2) is 27.3 Å². The Morgan fingerprint density at radius 1 is 1.29 bits per heavy atom. The van der Waals surface area contributed by atoms with Crippen molar-refractivity contribution in [2.45, 2.75) is 0 Å². The molecule has 0 unspecified atom stereocenters. The largest absolute Gasteiger partial charge is 0.485 e. The number of nitrogens with zero attached hydrogens (tertiary/aromatic N) is 2. The van der Waals surface area contributed by atoms with Gasteiger partial charge < -0.3 is 15.0 Å². The SMILES string of the molecule is C=CCOc1cn(-c2ccccc2)nc1C(=O)Nc1ccc2[nH]c(=O)sc2c1. The molecule has 2 aromatic carbocycles. The maximum Gasteiger partial charge on any atom is 0.305 e. The van der Waals surface area contributed by atoms with Gasteiger partial charge >= 0.3 is 4.87 Å². The predicted molar refractivity (Wildman–Crippen MR) is 110 cm³/mol. The highest BCUT2D eigenvalue weighted by Crippen LogP contribution is 2.23. The maximum atomic E-state index is 12.8. The standard InChI is InChI=1S/C20H16N4O3S/c1-2-10-27-16-12-24(14-6-4-3-5-7-14)23-18(16)19(25)21-13-8-9-15-17(11-13)28-20(26)22-15/h2-9,11-12H,1,10H2,(H,21,25)(H,22,26). The molecular weight excluding hydrogens is 376 g/mol. The molecule has 0 atom stereocenters. The van der Waals surface area contributed by atoms with Gasteiger partial charge in [0.05, 0.1) is 22.1 Å². The number of para-hydroxylation sites is 1. The fraction of sp³-hybridized carbons (Fsp3) is 0.0500. The van der Waals surface area contributed by atoms with E-state index in [1.165, 1.54) is 0 Å². The number of rotatable bonds is 6. The molecule has 2 heterocycles. The summed E-state index contributed by atoms with van der Waals surface area (Å²) in [6.07, 6.45) is 3.26. The van der Waals surface area contributed by atoms with Crippen LogP contribution in [0.3, 0.4) is 0 Å². The molecular formula is C20H16N4O3S. The number of carbonyl (C=O) groups is 1. The van der Waals surface area contributed by atoms with E-state index in [2.05, 4.69) is 22.0 Å². The monoisotopic (exact) mass is 392 g/mol. The van der Waals surface area contributed by atoms with Crippen LogP contribution in [0.1, 0.15) is 10.5 Å². The van der Waals surface area contributed by atoms with Crippen LogP contribution in [0.2, 0.25) is 0 Å². The molecule has 0 radical (unpaired) electrons. The van der Waals surface area contributed by atoms with E-state index < -0.39 is 5.91 Å². The number of ether oxygens (including phenoxy) is 1. The minimum Gasteiger partial charge on any atom is -0.485 e. The van der Waals surface area contributed by atoms with Gasteiger partial charge in [-0.25, -0.2) is 4.68 Å². The van der Waals surface area contributed by atoms with E-state index in [4.69, 9.17) is 4.74 Å². The Morgan fingerprint density at radius 2 is 2.11 bits per heavy atom. The summed E-state index contributed by atoms with van der Waals surface area (Å²) >= 11 is 1.09. The Bertz CT molecular complexity index is 1210. The Labute approximate surface area is 163 Å². The zero-order chi connectivity index (χ0) is 19.5. The number of aromatic nitrogens is 3. The van der Waals surface area contributed by atoms with Gasteiger partial charge in [0.2, 0.25) is 0 Å². The molecule has 0 aliphatic rings. The van der Waals surface area contributed by atoms with Crippen LogP contribution in [-0.2, 0) is 0 Å². The number of fused-ring (bicyclic) bond motifs is 1. The molecule has 7 nitrogen and oxygen atoms in total. The van der Waals surface area contributed by atoms with Crippen molar-refractivity contribution in [3.63, 3.8) is 0 Å². The van der Waals surface area contributed by atoms with E-state index in [-0.39, 0.29) is 17.2 Å². The Balaban J connectivity index is 1.65. The smallest absolute Gasteiger partial charge is 0.305 e. The van der Waals surface area contributed by atoms with Crippen LogP contribution in [0.4, 0.5) is 5.69 Å². The molecule has 140 valence electrons. The first-order valence-corrected chi connectivity index (χ1v) is 9.29. The zero-order valence-corrected chi connectivity index (χ0v) is 15.5. The van der Waals surface area contributed by atoms with Crippen LogP contribution in [0.5, 0.6) is 5.75 Å².